The van der Waals surface area contributed by atoms with Gasteiger partial charge in [0.05, 0.1) is 14.2 Å². The fraction of sp³-hybridized carbons (Fsp3) is 0.0741. The maximum atomic E-state index is 13.3. The van der Waals surface area contributed by atoms with Crippen molar-refractivity contribution in [2.24, 2.45) is 0 Å². The standard InChI is InChI=1S/C27H23O5P.Li.H/c1-29-22-14-9-15-23(30-2)26(22)27(28)33-25-17-16-21(31-19-10-5-3-6-11-19)18-24(25)32-20-12-7-4-8-13-20;;/h3-18,33H,1-2H3;;/q;+1;-1. The second kappa shape index (κ2) is 12.3. The fourth-order valence-electron chi connectivity index (χ4n) is 3.25. The number of carbonyl (C=O) groups is 1. The second-order valence-corrected chi connectivity index (χ2v) is 8.22. The summed E-state index contributed by atoms with van der Waals surface area (Å²) in [5, 5.41) is 0.747. The van der Waals surface area contributed by atoms with Crippen molar-refractivity contribution in [3.05, 3.63) is 103 Å². The molecule has 34 heavy (non-hydrogen) atoms. The van der Waals surface area contributed by atoms with Gasteiger partial charge in [0.2, 0.25) is 0 Å². The molecule has 4 aromatic carbocycles. The molecule has 4 rings (SSSR count). The average molecular weight is 466 g/mol. The Morgan fingerprint density at radius 1 is 0.647 bits per heavy atom. The van der Waals surface area contributed by atoms with Crippen LogP contribution in [0.4, 0.5) is 0 Å². The number of hydrogen-bond acceptors (Lipinski definition) is 5. The minimum atomic E-state index is -0.210. The SMILES string of the molecule is COc1cccc(OC)c1C(=O)Pc1ccc(Oc2ccccc2)cc1Oc1ccccc1.[H-].[Li+]. The molecule has 0 bridgehead atoms. The Morgan fingerprint density at radius 3 is 1.76 bits per heavy atom. The zero-order chi connectivity index (χ0) is 23.0. The van der Waals surface area contributed by atoms with E-state index in [1.54, 1.807) is 24.3 Å². The third-order valence-electron chi connectivity index (χ3n) is 4.81. The van der Waals surface area contributed by atoms with Crippen LogP contribution in [0.5, 0.6) is 34.5 Å². The molecule has 0 amide bonds. The van der Waals surface area contributed by atoms with E-state index in [9.17, 15) is 4.79 Å². The van der Waals surface area contributed by atoms with Crippen LogP contribution in [-0.2, 0) is 0 Å². The summed E-state index contributed by atoms with van der Waals surface area (Å²) in [5.41, 5.74) is 0.301. The van der Waals surface area contributed by atoms with E-state index in [0.29, 0.717) is 40.1 Å². The topological polar surface area (TPSA) is 54.0 Å². The molecule has 0 fully saturated rings. The van der Waals surface area contributed by atoms with Gasteiger partial charge in [-0.05, 0) is 57.1 Å². The Morgan fingerprint density at radius 2 is 1.21 bits per heavy atom. The Hall–Kier alpha value is -3.22. The predicted octanol–water partition coefficient (Wildman–Crippen LogP) is 3.55. The summed E-state index contributed by atoms with van der Waals surface area (Å²) in [6.45, 7) is 0. The molecule has 1 atom stereocenters. The Balaban J connectivity index is 0.00000216. The number of para-hydroxylation sites is 2. The van der Waals surface area contributed by atoms with E-state index < -0.39 is 0 Å². The van der Waals surface area contributed by atoms with Crippen molar-refractivity contribution in [3.63, 3.8) is 0 Å². The molecule has 0 saturated carbocycles. The van der Waals surface area contributed by atoms with Crippen molar-refractivity contribution in [1.82, 2.24) is 0 Å². The number of carbonyl (C=O) groups excluding carboxylic acids is 1. The van der Waals surface area contributed by atoms with Gasteiger partial charge in [-0.3, -0.25) is 4.79 Å². The first-order valence-electron chi connectivity index (χ1n) is 10.3. The van der Waals surface area contributed by atoms with Gasteiger partial charge >= 0.3 is 18.9 Å². The van der Waals surface area contributed by atoms with Gasteiger partial charge in [0.1, 0.15) is 40.1 Å². The van der Waals surface area contributed by atoms with Gasteiger partial charge in [-0.25, -0.2) is 0 Å². The summed E-state index contributed by atoms with van der Waals surface area (Å²) in [6, 6.07) is 29.7. The first-order valence-corrected chi connectivity index (χ1v) is 11.3. The van der Waals surface area contributed by atoms with Crippen LogP contribution in [0.3, 0.4) is 0 Å². The van der Waals surface area contributed by atoms with Crippen LogP contribution in [0.1, 0.15) is 11.8 Å². The van der Waals surface area contributed by atoms with Crippen molar-refractivity contribution in [2.75, 3.05) is 14.2 Å². The molecule has 0 spiro atoms. The second-order valence-electron chi connectivity index (χ2n) is 6.98. The predicted molar refractivity (Wildman–Crippen MR) is 132 cm³/mol. The van der Waals surface area contributed by atoms with E-state index in [2.05, 4.69) is 0 Å². The average Bonchev–Trinajstić information content (AvgIpc) is 2.86. The first-order chi connectivity index (χ1) is 16.2. The maximum Gasteiger partial charge on any atom is 1.00 e. The van der Waals surface area contributed by atoms with Crippen LogP contribution in [0.2, 0.25) is 0 Å². The third kappa shape index (κ3) is 6.21. The number of hydrogen-bond donors (Lipinski definition) is 0. The van der Waals surface area contributed by atoms with Gasteiger partial charge < -0.3 is 20.4 Å². The molecule has 0 N–H and O–H groups in total. The Labute approximate surface area is 214 Å². The van der Waals surface area contributed by atoms with Crippen LogP contribution in [0.25, 0.3) is 0 Å². The van der Waals surface area contributed by atoms with E-state index in [4.69, 9.17) is 18.9 Å². The van der Waals surface area contributed by atoms with Crippen molar-refractivity contribution in [1.29, 1.82) is 0 Å². The van der Waals surface area contributed by atoms with Crippen LogP contribution in [0.15, 0.2) is 97.1 Å². The normalized spacial score (nSPS) is 10.4. The molecular formula is C27H24LiO5P. The molecule has 1 unspecified atom stereocenters. The monoisotopic (exact) mass is 466 g/mol. The van der Waals surface area contributed by atoms with E-state index in [0.717, 1.165) is 5.30 Å². The largest absolute Gasteiger partial charge is 1.00 e. The zero-order valence-electron chi connectivity index (χ0n) is 20.3. The van der Waals surface area contributed by atoms with E-state index >= 15 is 0 Å². The molecule has 0 saturated heterocycles. The first kappa shape index (κ1) is 25.4. The van der Waals surface area contributed by atoms with E-state index in [1.807, 2.05) is 72.8 Å². The minimum Gasteiger partial charge on any atom is -1.00 e. The molecule has 0 aromatic heterocycles. The summed E-state index contributed by atoms with van der Waals surface area (Å²) < 4.78 is 22.9. The van der Waals surface area contributed by atoms with Gasteiger partial charge in [0.15, 0.2) is 5.52 Å². The van der Waals surface area contributed by atoms with Gasteiger partial charge in [0.25, 0.3) is 0 Å². The molecule has 0 aliphatic heterocycles. The summed E-state index contributed by atoms with van der Waals surface area (Å²) in [5.74, 6) is 3.50. The van der Waals surface area contributed by atoms with Crippen LogP contribution in [0, 0.1) is 0 Å². The van der Waals surface area contributed by atoms with Crippen LogP contribution < -0.4 is 43.1 Å². The van der Waals surface area contributed by atoms with Crippen LogP contribution in [-0.4, -0.2) is 19.7 Å². The number of benzene rings is 4. The molecule has 4 aromatic rings. The molecule has 0 radical (unpaired) electrons. The Kier molecular flexibility index (Phi) is 9.19. The number of rotatable bonds is 9. The maximum absolute atomic E-state index is 13.3. The molecule has 7 heteroatoms. The quantitative estimate of drug-likeness (QED) is 0.279. The van der Waals surface area contributed by atoms with Gasteiger partial charge in [-0.15, -0.1) is 0 Å². The van der Waals surface area contributed by atoms with Crippen LogP contribution >= 0.6 is 8.58 Å². The summed E-state index contributed by atoms with van der Waals surface area (Å²) in [7, 11) is 2.86. The molecule has 0 aliphatic rings. The number of methoxy groups -OCH3 is 2. The summed E-state index contributed by atoms with van der Waals surface area (Å²) in [6.07, 6.45) is 0. The smallest absolute Gasteiger partial charge is 1.00 e. The number of ether oxygens (including phenoxy) is 4. The van der Waals surface area contributed by atoms with Gasteiger partial charge in [-0.2, -0.15) is 0 Å². The zero-order valence-corrected chi connectivity index (χ0v) is 20.3. The van der Waals surface area contributed by atoms with Gasteiger partial charge in [-0.1, -0.05) is 42.5 Å². The van der Waals surface area contributed by atoms with Crippen molar-refractivity contribution >= 4 is 19.4 Å². The van der Waals surface area contributed by atoms with Crippen molar-refractivity contribution in [2.45, 2.75) is 0 Å². The molecular weight excluding hydrogens is 442 g/mol. The minimum absolute atomic E-state index is 0. The Bertz CT molecular complexity index is 1220. The van der Waals surface area contributed by atoms with E-state index in [1.165, 1.54) is 14.2 Å². The third-order valence-corrected chi connectivity index (χ3v) is 5.97. The molecule has 168 valence electrons. The summed E-state index contributed by atoms with van der Waals surface area (Å²) >= 11 is 0. The van der Waals surface area contributed by atoms with Crippen molar-refractivity contribution in [3.8, 4) is 34.5 Å². The molecule has 0 aliphatic carbocycles. The molecule has 5 nitrogen and oxygen atoms in total. The van der Waals surface area contributed by atoms with Gasteiger partial charge in [0, 0.05) is 11.4 Å². The fourth-order valence-corrected chi connectivity index (χ4v) is 4.28. The van der Waals surface area contributed by atoms with E-state index in [-0.39, 0.29) is 34.4 Å². The molecule has 0 heterocycles. The van der Waals surface area contributed by atoms with Crippen molar-refractivity contribution < 1.29 is 44.0 Å². The summed E-state index contributed by atoms with van der Waals surface area (Å²) in [4.78, 5) is 13.3.